The van der Waals surface area contributed by atoms with Crippen LogP contribution in [0.1, 0.15) is 0 Å². The van der Waals surface area contributed by atoms with Gasteiger partial charge in [-0.05, 0) is 8.91 Å². The van der Waals surface area contributed by atoms with Crippen LogP contribution < -0.4 is 24.8 Å². The molecule has 0 aliphatic rings. The van der Waals surface area contributed by atoms with Crippen LogP contribution >= 0.6 is 30.4 Å². The Labute approximate surface area is 73.8 Å². The molecule has 0 fully saturated rings. The fraction of sp³-hybridized carbons (Fsp3) is 0. The summed E-state index contributed by atoms with van der Waals surface area (Å²) >= 11 is 1.62. The maximum absolute atomic E-state index is 4.61. The van der Waals surface area contributed by atoms with E-state index in [1.165, 1.54) is 0 Å². The van der Waals surface area contributed by atoms with Crippen LogP contribution in [0.15, 0.2) is 0 Å². The van der Waals surface area contributed by atoms with Crippen molar-refractivity contribution in [3.05, 3.63) is 0 Å². The van der Waals surface area contributed by atoms with Gasteiger partial charge in [0.25, 0.3) is 0 Å². The van der Waals surface area contributed by atoms with E-state index in [-0.39, 0.29) is 44.3 Å². The van der Waals surface area contributed by atoms with Crippen molar-refractivity contribution >= 4 is 30.4 Å². The van der Waals surface area contributed by atoms with Gasteiger partial charge in [0.2, 0.25) is 0 Å². The molecule has 0 radical (unpaired) electrons. The molecule has 0 saturated carbocycles. The van der Waals surface area contributed by atoms with Gasteiger partial charge in [-0.1, -0.05) is 0 Å². The van der Waals surface area contributed by atoms with E-state index in [9.17, 15) is 0 Å². The Kier molecular flexibility index (Phi) is 185. The van der Waals surface area contributed by atoms with E-state index in [1.54, 1.807) is 21.5 Å². The normalized spacial score (nSPS) is 1.20. The van der Waals surface area contributed by atoms with E-state index >= 15 is 0 Å². The third kappa shape index (κ3) is 22.5. The molecule has 0 aliphatic heterocycles. The average Bonchev–Trinajstić information content (AvgIpc) is 1.00. The van der Waals surface area contributed by atoms with Crippen LogP contribution in [0.5, 0.6) is 0 Å². The van der Waals surface area contributed by atoms with Crippen LogP contribution in [0.25, 0.3) is 0 Å². The smallest absolute Gasteiger partial charge is 1.00 e. The number of halogens is 4. The molecule has 0 atom stereocenters. The Morgan fingerprint density at radius 2 is 1.00 bits per heavy atom. The fourth-order valence-electron chi connectivity index (χ4n) is 0. The second-order valence-corrected chi connectivity index (χ2v) is 0. The molecule has 0 aromatic rings. The Hall–Kier alpha value is 2.22. The average molecular weight is 299 g/mol. The first-order chi connectivity index (χ1) is 1.00. The minimum absolute atomic E-state index is 0. The summed E-state index contributed by atoms with van der Waals surface area (Å²) in [6, 6.07) is 0. The van der Waals surface area contributed by atoms with Crippen LogP contribution in [0.3, 0.4) is 0 Å². The molecule has 0 spiro atoms. The van der Waals surface area contributed by atoms with Crippen molar-refractivity contribution in [2.45, 2.75) is 0 Å². The molecule has 0 aromatic carbocycles. The summed E-state index contributed by atoms with van der Waals surface area (Å²) < 4.78 is 0. The van der Waals surface area contributed by atoms with Gasteiger partial charge in [0, 0.05) is 21.5 Å². The van der Waals surface area contributed by atoms with Gasteiger partial charge in [-0.3, -0.25) is 0 Å². The maximum atomic E-state index is 4.61. The zero-order chi connectivity index (χ0) is 2.00. The largest absolute Gasteiger partial charge is 2.00 e. The summed E-state index contributed by atoms with van der Waals surface area (Å²) in [5.41, 5.74) is 0. The van der Waals surface area contributed by atoms with Crippen molar-refractivity contribution in [3.8, 4) is 0 Å². The van der Waals surface area contributed by atoms with Gasteiger partial charge in [-0.15, -0.1) is 0 Å². The number of hydrogen-bond acceptors (Lipinski definition) is 0. The van der Waals surface area contributed by atoms with Gasteiger partial charge in [-0.25, -0.2) is 0 Å². The summed E-state index contributed by atoms with van der Waals surface area (Å²) in [5, 5.41) is 0. The standard InChI is InChI=1S/ClI.2ClH.Zn/c1-2;;;/h;2*1H;/q;;;+2/p-2. The first-order valence-corrected chi connectivity index (χ1v) is 2.87. The third-order valence-electron chi connectivity index (χ3n) is 0. The van der Waals surface area contributed by atoms with Gasteiger partial charge < -0.3 is 24.8 Å². The SMILES string of the molecule is ClI.[Cl-].[Cl-].[Zn+2]. The van der Waals surface area contributed by atoms with Gasteiger partial charge in [-0.2, -0.15) is 0 Å². The molecule has 0 nitrogen and oxygen atoms in total. The van der Waals surface area contributed by atoms with Gasteiger partial charge in [0.05, 0.1) is 0 Å². The minimum atomic E-state index is 0. The van der Waals surface area contributed by atoms with Crippen LogP contribution in [0.2, 0.25) is 0 Å². The Bertz CT molecular complexity index is 6.85. The van der Waals surface area contributed by atoms with E-state index in [1.807, 2.05) is 0 Å². The molecule has 30 valence electrons. The third-order valence-corrected chi connectivity index (χ3v) is 0. The summed E-state index contributed by atoms with van der Waals surface area (Å²) in [5.74, 6) is 0. The zero-order valence-corrected chi connectivity index (χ0v) is 9.61. The zero-order valence-electron chi connectivity index (χ0n) is 2.22. The molecule has 5 heteroatoms. The van der Waals surface area contributed by atoms with E-state index in [0.29, 0.717) is 0 Å². The van der Waals surface area contributed by atoms with Crippen molar-refractivity contribution in [2.75, 3.05) is 0 Å². The van der Waals surface area contributed by atoms with Crippen LogP contribution in [0.4, 0.5) is 0 Å². The second-order valence-electron chi connectivity index (χ2n) is 0. The molecule has 0 aliphatic carbocycles. The molecule has 5 heavy (non-hydrogen) atoms. The maximum Gasteiger partial charge on any atom is 2.00 e. The number of rotatable bonds is 0. The molecular formula is Cl3IZn. The molecule has 0 aromatic heterocycles. The molecule has 0 N–H and O–H groups in total. The van der Waals surface area contributed by atoms with Crippen LogP contribution in [-0.4, -0.2) is 0 Å². The topological polar surface area (TPSA) is 0 Å². The van der Waals surface area contributed by atoms with Crippen LogP contribution in [-0.2, 0) is 19.5 Å². The first-order valence-electron chi connectivity index (χ1n) is 0.143. The quantitative estimate of drug-likeness (QED) is 0.313. The van der Waals surface area contributed by atoms with E-state index < -0.39 is 0 Å². The monoisotopic (exact) mass is 296 g/mol. The Balaban J connectivity index is -0.00000000167. The van der Waals surface area contributed by atoms with Crippen LogP contribution in [0, 0.1) is 0 Å². The predicted molar refractivity (Wildman–Crippen MR) is 19.9 cm³/mol. The van der Waals surface area contributed by atoms with Crippen molar-refractivity contribution < 1.29 is 44.3 Å². The summed E-state index contributed by atoms with van der Waals surface area (Å²) in [7, 11) is 4.61. The summed E-state index contributed by atoms with van der Waals surface area (Å²) in [4.78, 5) is 0. The van der Waals surface area contributed by atoms with E-state index in [4.69, 9.17) is 0 Å². The van der Waals surface area contributed by atoms with Gasteiger partial charge in [0.15, 0.2) is 0 Å². The fourth-order valence-corrected chi connectivity index (χ4v) is 0. The molecule has 0 amide bonds. The summed E-state index contributed by atoms with van der Waals surface area (Å²) in [6.45, 7) is 0. The second kappa shape index (κ2) is 34.3. The summed E-state index contributed by atoms with van der Waals surface area (Å²) in [6.07, 6.45) is 0. The first kappa shape index (κ1) is 26.9. The molecule has 0 rings (SSSR count). The van der Waals surface area contributed by atoms with Crippen molar-refractivity contribution in [1.82, 2.24) is 0 Å². The minimum Gasteiger partial charge on any atom is -1.00 e. The van der Waals surface area contributed by atoms with E-state index in [2.05, 4.69) is 8.91 Å². The Morgan fingerprint density at radius 3 is 1.00 bits per heavy atom. The molecule has 0 saturated heterocycles. The van der Waals surface area contributed by atoms with Gasteiger partial charge in [0.1, 0.15) is 0 Å². The molecular weight excluding hydrogens is 299 g/mol. The van der Waals surface area contributed by atoms with Gasteiger partial charge >= 0.3 is 19.5 Å². The van der Waals surface area contributed by atoms with E-state index in [0.717, 1.165) is 0 Å². The molecule has 0 unspecified atom stereocenters. The van der Waals surface area contributed by atoms with Crippen molar-refractivity contribution in [1.29, 1.82) is 0 Å². The predicted octanol–water partition coefficient (Wildman–Crippen LogP) is -4.42. The van der Waals surface area contributed by atoms with Crippen molar-refractivity contribution in [2.24, 2.45) is 0 Å². The Morgan fingerprint density at radius 1 is 1.00 bits per heavy atom. The number of hydrogen-bond donors (Lipinski definition) is 0. The molecule has 0 bridgehead atoms. The molecule has 0 heterocycles. The van der Waals surface area contributed by atoms with Crippen molar-refractivity contribution in [3.63, 3.8) is 0 Å².